The maximum Gasteiger partial charge on any atom is 0.142 e. The smallest absolute Gasteiger partial charge is 0.142 e. The molecule has 0 aromatic heterocycles. The average Bonchev–Trinajstić information content (AvgIpc) is 3.02. The molecule has 6 heteroatoms. The maximum absolute atomic E-state index is 6.48. The van der Waals surface area contributed by atoms with Crippen molar-refractivity contribution in [2.75, 3.05) is 25.2 Å². The minimum atomic E-state index is 0.629. The number of hydrogen-bond donors (Lipinski definition) is 0. The molecule has 0 atom stereocenters. The average molecular weight is 343 g/mol. The third-order valence-electron chi connectivity index (χ3n) is 4.69. The van der Waals surface area contributed by atoms with Crippen molar-refractivity contribution in [1.82, 2.24) is 9.96 Å². The van der Waals surface area contributed by atoms with E-state index in [9.17, 15) is 0 Å². The molecule has 0 unspecified atom stereocenters. The molecule has 0 bridgehead atoms. The highest BCUT2D eigenvalue weighted by Crippen LogP contribution is 2.40. The highest BCUT2D eigenvalue weighted by Gasteiger charge is 2.36. The summed E-state index contributed by atoms with van der Waals surface area (Å²) in [6.45, 7) is 5.70. The van der Waals surface area contributed by atoms with Crippen LogP contribution in [0.3, 0.4) is 0 Å². The van der Waals surface area contributed by atoms with E-state index in [4.69, 9.17) is 21.4 Å². The van der Waals surface area contributed by atoms with E-state index in [0.29, 0.717) is 6.67 Å². The van der Waals surface area contributed by atoms with Crippen molar-refractivity contribution < 1.29 is 4.84 Å². The Morgan fingerprint density at radius 2 is 1.96 bits per heavy atom. The number of fused-ring (bicyclic) bond motifs is 2. The van der Waals surface area contributed by atoms with Gasteiger partial charge in [-0.05, 0) is 37.1 Å². The Hall–Kier alpha value is -2.24. The summed E-state index contributed by atoms with van der Waals surface area (Å²) in [6.07, 6.45) is 3.85. The predicted molar refractivity (Wildman–Crippen MR) is 96.3 cm³/mol. The van der Waals surface area contributed by atoms with Gasteiger partial charge in [-0.1, -0.05) is 23.7 Å². The van der Waals surface area contributed by atoms with Gasteiger partial charge in [-0.3, -0.25) is 9.83 Å². The van der Waals surface area contributed by atoms with Gasteiger partial charge in [-0.25, -0.2) is 5.06 Å². The van der Waals surface area contributed by atoms with Crippen molar-refractivity contribution >= 4 is 23.5 Å². The van der Waals surface area contributed by atoms with Gasteiger partial charge in [0.1, 0.15) is 18.2 Å². The summed E-state index contributed by atoms with van der Waals surface area (Å²) >= 11 is 6.48. The molecule has 0 spiro atoms. The Morgan fingerprint density at radius 3 is 2.71 bits per heavy atom. The second-order valence-electron chi connectivity index (χ2n) is 6.10. The first-order chi connectivity index (χ1) is 11.6. The number of rotatable bonds is 2. The molecule has 0 amide bonds. The fraction of sp³-hybridized carbons (Fsp3) is 0.278. The lowest BCUT2D eigenvalue weighted by molar-refractivity contribution is -0.0951. The fourth-order valence-corrected chi connectivity index (χ4v) is 3.48. The van der Waals surface area contributed by atoms with Gasteiger partial charge in [0.2, 0.25) is 0 Å². The molecule has 3 heterocycles. The van der Waals surface area contributed by atoms with Crippen LogP contribution in [0.25, 0.3) is 0 Å². The van der Waals surface area contributed by atoms with E-state index in [-0.39, 0.29) is 0 Å². The first kappa shape index (κ1) is 15.3. The number of para-hydroxylation sites is 1. The molecule has 1 aromatic carbocycles. The predicted octanol–water partition coefficient (Wildman–Crippen LogP) is 3.73. The van der Waals surface area contributed by atoms with Gasteiger partial charge < -0.3 is 9.80 Å². The van der Waals surface area contributed by atoms with E-state index in [0.717, 1.165) is 34.5 Å². The van der Waals surface area contributed by atoms with Crippen molar-refractivity contribution in [2.24, 2.45) is 4.99 Å². The molecule has 0 aliphatic carbocycles. The Kier molecular flexibility index (Phi) is 3.62. The van der Waals surface area contributed by atoms with Gasteiger partial charge in [0.05, 0.1) is 35.9 Å². The molecule has 1 aromatic rings. The maximum atomic E-state index is 6.48. The summed E-state index contributed by atoms with van der Waals surface area (Å²) in [5.41, 5.74) is 5.51. The van der Waals surface area contributed by atoms with Gasteiger partial charge in [0, 0.05) is 6.54 Å². The zero-order valence-corrected chi connectivity index (χ0v) is 14.7. The van der Waals surface area contributed by atoms with Gasteiger partial charge in [-0.15, -0.1) is 0 Å². The van der Waals surface area contributed by atoms with Gasteiger partial charge in [-0.2, -0.15) is 0 Å². The van der Waals surface area contributed by atoms with Crippen LogP contribution in [-0.4, -0.2) is 36.5 Å². The number of halogens is 1. The normalized spacial score (nSPS) is 19.8. The lowest BCUT2D eigenvalue weighted by Gasteiger charge is -2.40. The summed E-state index contributed by atoms with van der Waals surface area (Å²) in [4.78, 5) is 14.5. The molecule has 3 aliphatic rings. The minimum Gasteiger partial charge on any atom is -0.320 e. The Balaban J connectivity index is 1.86. The van der Waals surface area contributed by atoms with Gasteiger partial charge >= 0.3 is 0 Å². The Morgan fingerprint density at radius 1 is 1.17 bits per heavy atom. The first-order valence-electron chi connectivity index (χ1n) is 7.87. The molecule has 124 valence electrons. The molecule has 0 radical (unpaired) electrons. The summed E-state index contributed by atoms with van der Waals surface area (Å²) in [6, 6.07) is 7.93. The summed E-state index contributed by atoms with van der Waals surface area (Å²) in [7, 11) is 1.67. The van der Waals surface area contributed by atoms with Crippen LogP contribution in [0.2, 0.25) is 5.02 Å². The van der Waals surface area contributed by atoms with Crippen LogP contribution in [0, 0.1) is 0 Å². The number of allylic oxidation sites excluding steroid dienone is 2. The second-order valence-corrected chi connectivity index (χ2v) is 6.50. The SMILES string of the molecule is CON1C=C2C=NC3=C(N2C1)N(c1ccccc1Cl)CC(C)=C3C. The molecule has 4 rings (SSSR count). The van der Waals surface area contributed by atoms with E-state index < -0.39 is 0 Å². The summed E-state index contributed by atoms with van der Waals surface area (Å²) in [5.74, 6) is 1.06. The van der Waals surface area contributed by atoms with Gasteiger partial charge in [0.15, 0.2) is 0 Å². The van der Waals surface area contributed by atoms with E-state index in [1.54, 1.807) is 12.2 Å². The zero-order valence-electron chi connectivity index (χ0n) is 14.0. The van der Waals surface area contributed by atoms with Crippen molar-refractivity contribution in [1.29, 1.82) is 0 Å². The van der Waals surface area contributed by atoms with Crippen LogP contribution < -0.4 is 4.90 Å². The highest BCUT2D eigenvalue weighted by atomic mass is 35.5. The summed E-state index contributed by atoms with van der Waals surface area (Å²) < 4.78 is 0. The largest absolute Gasteiger partial charge is 0.320 e. The van der Waals surface area contributed by atoms with Crippen molar-refractivity contribution in [3.63, 3.8) is 0 Å². The fourth-order valence-electron chi connectivity index (χ4n) is 3.24. The Labute approximate surface area is 146 Å². The quantitative estimate of drug-likeness (QED) is 0.819. The third-order valence-corrected chi connectivity index (χ3v) is 5.01. The van der Waals surface area contributed by atoms with Crippen LogP contribution in [0.5, 0.6) is 0 Å². The van der Waals surface area contributed by atoms with Crippen LogP contribution in [-0.2, 0) is 4.84 Å². The third kappa shape index (κ3) is 2.24. The number of anilines is 1. The van der Waals surface area contributed by atoms with Crippen molar-refractivity contribution in [3.05, 3.63) is 63.8 Å². The number of hydroxylamine groups is 2. The van der Waals surface area contributed by atoms with E-state index >= 15 is 0 Å². The number of hydrogen-bond acceptors (Lipinski definition) is 5. The van der Waals surface area contributed by atoms with E-state index in [2.05, 4.69) is 23.6 Å². The van der Waals surface area contributed by atoms with Crippen molar-refractivity contribution in [3.8, 4) is 0 Å². The zero-order chi connectivity index (χ0) is 16.8. The van der Waals surface area contributed by atoms with E-state index in [1.807, 2.05) is 36.7 Å². The molecule has 0 saturated carbocycles. The van der Waals surface area contributed by atoms with Crippen LogP contribution in [0.1, 0.15) is 13.8 Å². The molecule has 24 heavy (non-hydrogen) atoms. The first-order valence-corrected chi connectivity index (χ1v) is 8.25. The molecule has 5 nitrogen and oxygen atoms in total. The van der Waals surface area contributed by atoms with Crippen LogP contribution >= 0.6 is 11.6 Å². The highest BCUT2D eigenvalue weighted by molar-refractivity contribution is 6.33. The molecule has 3 aliphatic heterocycles. The van der Waals surface area contributed by atoms with Crippen molar-refractivity contribution in [2.45, 2.75) is 13.8 Å². The Bertz CT molecular complexity index is 824. The number of nitrogens with zero attached hydrogens (tertiary/aromatic N) is 4. The number of benzene rings is 1. The number of aliphatic imine (C=N–C) groups is 1. The lowest BCUT2D eigenvalue weighted by atomic mass is 10.0. The standard InChI is InChI=1S/C18H19ClN4O/c1-12-9-22(16-7-5-4-6-15(16)19)18-17(13(12)2)20-8-14-10-21(24-3)11-23(14)18/h4-8,10H,9,11H2,1-3H3. The lowest BCUT2D eigenvalue weighted by Crippen LogP contribution is -2.42. The van der Waals surface area contributed by atoms with Crippen LogP contribution in [0.4, 0.5) is 5.69 Å². The van der Waals surface area contributed by atoms with E-state index in [1.165, 1.54) is 11.1 Å². The van der Waals surface area contributed by atoms with Gasteiger partial charge in [0.25, 0.3) is 0 Å². The monoisotopic (exact) mass is 342 g/mol. The van der Waals surface area contributed by atoms with Crippen LogP contribution in [0.15, 0.2) is 63.8 Å². The molecule has 0 saturated heterocycles. The molecule has 0 fully saturated rings. The molecule has 0 N–H and O–H groups in total. The topological polar surface area (TPSA) is 31.3 Å². The summed E-state index contributed by atoms with van der Waals surface area (Å²) in [5, 5.41) is 2.53. The molecular weight excluding hydrogens is 324 g/mol. The minimum absolute atomic E-state index is 0.629. The second kappa shape index (κ2) is 5.69. The molecular formula is C18H19ClN4O.